The lowest BCUT2D eigenvalue weighted by Gasteiger charge is -2.08. The Morgan fingerprint density at radius 3 is 2.67 bits per heavy atom. The number of hydrogen-bond acceptors (Lipinski definition) is 5. The van der Waals surface area contributed by atoms with Gasteiger partial charge in [-0.2, -0.15) is 0 Å². The van der Waals surface area contributed by atoms with Crippen molar-refractivity contribution < 1.29 is 19.2 Å². The third-order valence-electron chi connectivity index (χ3n) is 2.87. The van der Waals surface area contributed by atoms with Crippen molar-refractivity contribution in [1.82, 2.24) is 0 Å². The Labute approximate surface area is 141 Å². The van der Waals surface area contributed by atoms with E-state index in [0.29, 0.717) is 11.4 Å². The zero-order chi connectivity index (χ0) is 17.7. The van der Waals surface area contributed by atoms with Gasteiger partial charge in [-0.25, -0.2) is 0 Å². The summed E-state index contributed by atoms with van der Waals surface area (Å²) >= 11 is 5.72. The number of ether oxygens (including phenoxy) is 1. The highest BCUT2D eigenvalue weighted by atomic mass is 35.5. The van der Waals surface area contributed by atoms with Crippen LogP contribution in [0.3, 0.4) is 0 Å². The molecule has 0 radical (unpaired) electrons. The van der Waals surface area contributed by atoms with E-state index in [1.807, 2.05) is 0 Å². The van der Waals surface area contributed by atoms with Gasteiger partial charge in [0.25, 0.3) is 17.5 Å². The molecule has 0 saturated carbocycles. The van der Waals surface area contributed by atoms with Crippen LogP contribution in [-0.4, -0.2) is 23.3 Å². The van der Waals surface area contributed by atoms with Crippen LogP contribution in [0, 0.1) is 10.1 Å². The molecule has 0 bridgehead atoms. The highest BCUT2D eigenvalue weighted by Crippen LogP contribution is 2.25. The molecule has 0 unspecified atom stereocenters. The van der Waals surface area contributed by atoms with Crippen LogP contribution in [0.2, 0.25) is 5.02 Å². The second-order valence-corrected chi connectivity index (χ2v) is 5.09. The Kier molecular flexibility index (Phi) is 5.33. The van der Waals surface area contributed by atoms with Crippen molar-refractivity contribution in [3.8, 4) is 5.75 Å². The van der Waals surface area contributed by atoms with E-state index in [0.717, 1.165) is 6.07 Å². The molecule has 2 rings (SSSR count). The Balaban J connectivity index is 2.20. The number of carbonyl (C=O) groups excluding carboxylic acids is 2. The zero-order valence-electron chi connectivity index (χ0n) is 12.2. The van der Waals surface area contributed by atoms with Crippen LogP contribution in [0.5, 0.6) is 5.75 Å². The molecule has 0 aromatic heterocycles. The summed E-state index contributed by atoms with van der Waals surface area (Å²) in [6.07, 6.45) is 0. The van der Waals surface area contributed by atoms with Crippen LogP contribution in [0.15, 0.2) is 42.5 Å². The molecule has 0 aliphatic heterocycles. The molecule has 0 atom stereocenters. The van der Waals surface area contributed by atoms with Gasteiger partial charge in [-0.05, 0) is 24.3 Å². The first kappa shape index (κ1) is 17.2. The molecule has 8 nitrogen and oxygen atoms in total. The highest BCUT2D eigenvalue weighted by molar-refractivity contribution is 6.31. The van der Waals surface area contributed by atoms with Gasteiger partial charge in [0.1, 0.15) is 11.3 Å². The van der Waals surface area contributed by atoms with Crippen LogP contribution in [0.4, 0.5) is 11.4 Å². The molecule has 0 aliphatic carbocycles. The van der Waals surface area contributed by atoms with E-state index in [9.17, 15) is 19.7 Å². The van der Waals surface area contributed by atoms with Gasteiger partial charge in [-0.3, -0.25) is 19.7 Å². The largest absolute Gasteiger partial charge is 0.484 e. The van der Waals surface area contributed by atoms with Crippen LogP contribution in [-0.2, 0) is 4.79 Å². The van der Waals surface area contributed by atoms with E-state index >= 15 is 0 Å². The Bertz CT molecular complexity index is 809. The molecule has 0 aliphatic rings. The molecule has 24 heavy (non-hydrogen) atoms. The van der Waals surface area contributed by atoms with Crippen molar-refractivity contribution in [2.75, 3.05) is 11.9 Å². The van der Waals surface area contributed by atoms with E-state index in [2.05, 4.69) is 5.32 Å². The molecule has 0 fully saturated rings. The number of amides is 2. The fraction of sp³-hybridized carbons (Fsp3) is 0.0667. The molecule has 124 valence electrons. The monoisotopic (exact) mass is 349 g/mol. The van der Waals surface area contributed by atoms with E-state index in [-0.39, 0.29) is 17.2 Å². The fourth-order valence-corrected chi connectivity index (χ4v) is 2.03. The smallest absolute Gasteiger partial charge is 0.283 e. The van der Waals surface area contributed by atoms with Gasteiger partial charge in [0.2, 0.25) is 0 Å². The summed E-state index contributed by atoms with van der Waals surface area (Å²) in [6, 6.07) is 9.94. The van der Waals surface area contributed by atoms with Crippen molar-refractivity contribution in [3.63, 3.8) is 0 Å². The molecule has 9 heteroatoms. The second kappa shape index (κ2) is 7.42. The maximum absolute atomic E-state index is 12.3. The van der Waals surface area contributed by atoms with Gasteiger partial charge in [-0.1, -0.05) is 17.7 Å². The first-order chi connectivity index (χ1) is 11.4. The lowest BCUT2D eigenvalue weighted by molar-refractivity contribution is -0.385. The highest BCUT2D eigenvalue weighted by Gasteiger charge is 2.20. The quantitative estimate of drug-likeness (QED) is 0.611. The van der Waals surface area contributed by atoms with Crippen LogP contribution < -0.4 is 15.8 Å². The fourth-order valence-electron chi connectivity index (χ4n) is 1.86. The summed E-state index contributed by atoms with van der Waals surface area (Å²) < 4.78 is 5.12. The maximum Gasteiger partial charge on any atom is 0.283 e. The first-order valence-electron chi connectivity index (χ1n) is 6.63. The number of nitrogens with two attached hydrogens (primary N) is 1. The Morgan fingerprint density at radius 2 is 2.00 bits per heavy atom. The van der Waals surface area contributed by atoms with Crippen molar-refractivity contribution in [2.24, 2.45) is 5.73 Å². The molecule has 2 aromatic rings. The molecule has 2 amide bonds. The Hall–Kier alpha value is -3.13. The van der Waals surface area contributed by atoms with Crippen LogP contribution >= 0.6 is 11.6 Å². The number of nitro groups is 1. The summed E-state index contributed by atoms with van der Waals surface area (Å²) in [5, 5.41) is 13.7. The number of nitro benzene ring substituents is 1. The SMILES string of the molecule is NC(=O)COc1cccc(NC(=O)c2ccc(Cl)cc2[N+](=O)[O-])c1. The summed E-state index contributed by atoms with van der Waals surface area (Å²) in [7, 11) is 0. The predicted molar refractivity (Wildman–Crippen MR) is 87.2 cm³/mol. The van der Waals surface area contributed by atoms with Gasteiger partial charge in [0.15, 0.2) is 6.61 Å². The normalized spacial score (nSPS) is 10.0. The summed E-state index contributed by atoms with van der Waals surface area (Å²) in [5.41, 5.74) is 4.79. The third-order valence-corrected chi connectivity index (χ3v) is 3.11. The topological polar surface area (TPSA) is 125 Å². The average Bonchev–Trinajstić information content (AvgIpc) is 2.53. The standard InChI is InChI=1S/C15H12ClN3O5/c16-9-4-5-12(13(6-9)19(22)23)15(21)18-10-2-1-3-11(7-10)24-8-14(17)20/h1-7H,8H2,(H2,17,20)(H,18,21). The number of nitrogens with one attached hydrogen (secondary N) is 1. The number of hydrogen-bond donors (Lipinski definition) is 2. The molecule has 2 aromatic carbocycles. The zero-order valence-corrected chi connectivity index (χ0v) is 12.9. The summed E-state index contributed by atoms with van der Waals surface area (Å²) in [5.74, 6) is -0.996. The predicted octanol–water partition coefficient (Wildman–Crippen LogP) is 2.36. The van der Waals surface area contributed by atoms with Crippen molar-refractivity contribution in [3.05, 3.63) is 63.2 Å². The number of anilines is 1. The van der Waals surface area contributed by atoms with E-state index in [4.69, 9.17) is 22.1 Å². The van der Waals surface area contributed by atoms with E-state index in [1.54, 1.807) is 18.2 Å². The van der Waals surface area contributed by atoms with Gasteiger partial charge in [-0.15, -0.1) is 0 Å². The summed E-state index contributed by atoms with van der Waals surface area (Å²) in [6.45, 7) is -0.306. The van der Waals surface area contributed by atoms with E-state index < -0.39 is 22.4 Å². The molecule has 0 heterocycles. The van der Waals surface area contributed by atoms with Crippen LogP contribution in [0.1, 0.15) is 10.4 Å². The number of rotatable bonds is 6. The van der Waals surface area contributed by atoms with Gasteiger partial charge < -0.3 is 15.8 Å². The minimum atomic E-state index is -0.687. The average molecular weight is 350 g/mol. The first-order valence-corrected chi connectivity index (χ1v) is 7.01. The number of benzene rings is 2. The minimum Gasteiger partial charge on any atom is -0.484 e. The van der Waals surface area contributed by atoms with Gasteiger partial charge in [0.05, 0.1) is 4.92 Å². The molecular formula is C15H12ClN3O5. The molecule has 0 saturated heterocycles. The van der Waals surface area contributed by atoms with Gasteiger partial charge >= 0.3 is 0 Å². The van der Waals surface area contributed by atoms with Crippen LogP contribution in [0.25, 0.3) is 0 Å². The van der Waals surface area contributed by atoms with Crippen molar-refractivity contribution >= 4 is 34.8 Å². The Morgan fingerprint density at radius 1 is 1.25 bits per heavy atom. The maximum atomic E-state index is 12.3. The van der Waals surface area contributed by atoms with E-state index in [1.165, 1.54) is 18.2 Å². The number of primary amides is 1. The van der Waals surface area contributed by atoms with Crippen molar-refractivity contribution in [1.29, 1.82) is 0 Å². The number of carbonyl (C=O) groups is 2. The van der Waals surface area contributed by atoms with Crippen molar-refractivity contribution in [2.45, 2.75) is 0 Å². The lowest BCUT2D eigenvalue weighted by Crippen LogP contribution is -2.20. The molecular weight excluding hydrogens is 338 g/mol. The summed E-state index contributed by atoms with van der Waals surface area (Å²) in [4.78, 5) is 33.3. The second-order valence-electron chi connectivity index (χ2n) is 4.66. The number of halogens is 1. The van der Waals surface area contributed by atoms with Gasteiger partial charge in [0, 0.05) is 22.8 Å². The lowest BCUT2D eigenvalue weighted by atomic mass is 10.1. The minimum absolute atomic E-state index is 0.132. The molecule has 3 N–H and O–H groups in total. The molecule has 0 spiro atoms. The third kappa shape index (κ3) is 4.43. The number of nitrogens with zero attached hydrogens (tertiary/aromatic N) is 1.